The zero-order chi connectivity index (χ0) is 24.3. The van der Waals surface area contributed by atoms with Gasteiger partial charge in [0.1, 0.15) is 0 Å². The Morgan fingerprint density at radius 1 is 0.459 bits per heavy atom. The van der Waals surface area contributed by atoms with Crippen LogP contribution in [0.1, 0.15) is 0 Å². The lowest BCUT2D eigenvalue weighted by Crippen LogP contribution is -2.18. The zero-order valence-electron chi connectivity index (χ0n) is 20.0. The number of benzene rings is 6. The van der Waals surface area contributed by atoms with Crippen LogP contribution in [0.25, 0.3) is 54.8 Å². The Balaban J connectivity index is 1.52. The molecule has 0 saturated heterocycles. The Morgan fingerprint density at radius 3 is 2.08 bits per heavy atom. The molecule has 172 valence electrons. The Morgan fingerprint density at radius 2 is 1.16 bits per heavy atom. The van der Waals surface area contributed by atoms with E-state index in [-0.39, 0.29) is 0 Å². The molecule has 2 heterocycles. The molecule has 37 heavy (non-hydrogen) atoms. The summed E-state index contributed by atoms with van der Waals surface area (Å²) in [6.07, 6.45) is 0. The average molecular weight is 472 g/mol. The Hall–Kier alpha value is -5.02. The first-order chi connectivity index (χ1) is 18.4. The number of rotatable bonds is 2. The number of fused-ring (bicyclic) bond motifs is 5. The molecule has 6 aromatic carbocycles. The van der Waals surface area contributed by atoms with E-state index in [4.69, 9.17) is 9.97 Å². The predicted octanol–water partition coefficient (Wildman–Crippen LogP) is 9.05. The van der Waals surface area contributed by atoms with E-state index in [9.17, 15) is 0 Å². The van der Waals surface area contributed by atoms with Gasteiger partial charge < -0.3 is 0 Å². The number of para-hydroxylation sites is 1. The van der Waals surface area contributed by atoms with E-state index in [0.29, 0.717) is 5.95 Å². The van der Waals surface area contributed by atoms with Gasteiger partial charge in [0, 0.05) is 27.3 Å². The molecule has 0 amide bonds. The highest BCUT2D eigenvalue weighted by Gasteiger charge is 2.28. The van der Waals surface area contributed by atoms with Crippen LogP contribution >= 0.6 is 0 Å². The highest BCUT2D eigenvalue weighted by Crippen LogP contribution is 2.50. The van der Waals surface area contributed by atoms with Gasteiger partial charge in [-0.3, -0.25) is 4.90 Å². The minimum atomic E-state index is 0.678. The van der Waals surface area contributed by atoms with Gasteiger partial charge in [0.15, 0.2) is 0 Å². The molecule has 7 aromatic rings. The van der Waals surface area contributed by atoms with Crippen LogP contribution in [0.3, 0.4) is 0 Å². The zero-order valence-corrected chi connectivity index (χ0v) is 20.0. The second-order valence-corrected chi connectivity index (χ2v) is 9.45. The molecule has 3 nitrogen and oxygen atoms in total. The van der Waals surface area contributed by atoms with Crippen molar-refractivity contribution in [1.29, 1.82) is 0 Å². The van der Waals surface area contributed by atoms with Crippen molar-refractivity contribution in [2.24, 2.45) is 0 Å². The fourth-order valence-electron chi connectivity index (χ4n) is 5.74. The molecule has 3 heteroatoms. The van der Waals surface area contributed by atoms with Gasteiger partial charge in [-0.25, -0.2) is 9.97 Å². The second-order valence-electron chi connectivity index (χ2n) is 9.45. The first-order valence-electron chi connectivity index (χ1n) is 12.5. The van der Waals surface area contributed by atoms with E-state index in [1.165, 1.54) is 27.3 Å². The fourth-order valence-corrected chi connectivity index (χ4v) is 5.74. The predicted molar refractivity (Wildman–Crippen MR) is 154 cm³/mol. The molecule has 0 N–H and O–H groups in total. The molecular formula is C34H21N3. The van der Waals surface area contributed by atoms with Gasteiger partial charge in [0.05, 0.1) is 22.6 Å². The molecule has 8 rings (SSSR count). The van der Waals surface area contributed by atoms with Crippen molar-refractivity contribution in [2.75, 3.05) is 4.90 Å². The lowest BCUT2D eigenvalue weighted by Gasteiger charge is -2.32. The maximum absolute atomic E-state index is 5.29. The molecule has 0 fully saturated rings. The minimum absolute atomic E-state index is 0.678. The minimum Gasteiger partial charge on any atom is -0.278 e. The van der Waals surface area contributed by atoms with E-state index >= 15 is 0 Å². The van der Waals surface area contributed by atoms with Crippen molar-refractivity contribution in [1.82, 2.24) is 9.97 Å². The summed E-state index contributed by atoms with van der Waals surface area (Å²) < 4.78 is 0. The van der Waals surface area contributed by atoms with Crippen molar-refractivity contribution in [3.8, 4) is 22.4 Å². The molecule has 0 saturated carbocycles. The molecule has 1 aliphatic heterocycles. The van der Waals surface area contributed by atoms with Crippen LogP contribution in [0.15, 0.2) is 127 Å². The van der Waals surface area contributed by atoms with Crippen LogP contribution < -0.4 is 4.90 Å². The normalized spacial score (nSPS) is 12.3. The quantitative estimate of drug-likeness (QED) is 0.235. The van der Waals surface area contributed by atoms with Gasteiger partial charge in [-0.1, -0.05) is 109 Å². The largest absolute Gasteiger partial charge is 0.278 e. The molecule has 1 aromatic heterocycles. The van der Waals surface area contributed by atoms with Gasteiger partial charge in [-0.2, -0.15) is 0 Å². The first kappa shape index (κ1) is 20.2. The molecule has 0 bridgehead atoms. The molecule has 0 radical (unpaired) electrons. The second kappa shape index (κ2) is 7.74. The Bertz CT molecular complexity index is 1990. The highest BCUT2D eigenvalue weighted by molar-refractivity contribution is 6.14. The molecule has 0 aliphatic carbocycles. The maximum atomic E-state index is 5.29. The summed E-state index contributed by atoms with van der Waals surface area (Å²) in [4.78, 5) is 12.8. The fraction of sp³-hybridized carbons (Fsp3) is 0. The Labute approximate surface area is 214 Å². The van der Waals surface area contributed by atoms with Gasteiger partial charge in [0.25, 0.3) is 0 Å². The first-order valence-corrected chi connectivity index (χ1v) is 12.5. The topological polar surface area (TPSA) is 29.0 Å². The van der Waals surface area contributed by atoms with Crippen LogP contribution in [0.5, 0.6) is 0 Å². The lowest BCUT2D eigenvalue weighted by atomic mass is 9.91. The van der Waals surface area contributed by atoms with E-state index in [2.05, 4.69) is 126 Å². The van der Waals surface area contributed by atoms with Crippen LogP contribution in [0.2, 0.25) is 0 Å². The average Bonchev–Trinajstić information content (AvgIpc) is 2.97. The van der Waals surface area contributed by atoms with Crippen molar-refractivity contribution >= 4 is 49.8 Å². The number of anilines is 3. The number of nitrogens with zero attached hydrogens (tertiary/aromatic N) is 3. The molecule has 0 spiro atoms. The third-order valence-electron chi connectivity index (χ3n) is 7.39. The lowest BCUT2D eigenvalue weighted by molar-refractivity contribution is 1.12. The van der Waals surface area contributed by atoms with Gasteiger partial charge in [-0.05, 0) is 34.5 Å². The van der Waals surface area contributed by atoms with E-state index in [1.54, 1.807) is 0 Å². The molecule has 1 aliphatic rings. The molecule has 0 atom stereocenters. The number of hydrogen-bond donors (Lipinski definition) is 0. The third-order valence-corrected chi connectivity index (χ3v) is 7.39. The molecular weight excluding hydrogens is 450 g/mol. The summed E-state index contributed by atoms with van der Waals surface area (Å²) in [5, 5.41) is 5.79. The summed E-state index contributed by atoms with van der Waals surface area (Å²) >= 11 is 0. The van der Waals surface area contributed by atoms with Crippen molar-refractivity contribution in [2.45, 2.75) is 0 Å². The van der Waals surface area contributed by atoms with Crippen molar-refractivity contribution in [3.05, 3.63) is 127 Å². The Kier molecular flexibility index (Phi) is 4.23. The van der Waals surface area contributed by atoms with Crippen molar-refractivity contribution in [3.63, 3.8) is 0 Å². The van der Waals surface area contributed by atoms with Crippen LogP contribution in [0.4, 0.5) is 17.3 Å². The third kappa shape index (κ3) is 2.95. The standard InChI is InChI=1S/C34H21N3/c1-2-11-24(12-3-1)32-28-21-20-22-10-4-5-15-25(22)33(28)36-34(35-32)37-29-18-7-6-16-26(29)27-17-8-13-23-14-9-19-30(37)31(23)27/h1-21H. The van der Waals surface area contributed by atoms with E-state index in [0.717, 1.165) is 38.9 Å². The van der Waals surface area contributed by atoms with Crippen LogP contribution in [-0.2, 0) is 0 Å². The summed E-state index contributed by atoms with van der Waals surface area (Å²) in [7, 11) is 0. The van der Waals surface area contributed by atoms with Gasteiger partial charge >= 0.3 is 0 Å². The monoisotopic (exact) mass is 471 g/mol. The summed E-state index contributed by atoms with van der Waals surface area (Å²) in [6, 6.07) is 44.8. The van der Waals surface area contributed by atoms with Crippen LogP contribution in [0, 0.1) is 0 Å². The maximum Gasteiger partial charge on any atom is 0.235 e. The van der Waals surface area contributed by atoms with E-state index < -0.39 is 0 Å². The number of aromatic nitrogens is 2. The summed E-state index contributed by atoms with van der Waals surface area (Å²) in [6.45, 7) is 0. The summed E-state index contributed by atoms with van der Waals surface area (Å²) in [5.74, 6) is 0.678. The molecule has 0 unspecified atom stereocenters. The van der Waals surface area contributed by atoms with Crippen molar-refractivity contribution < 1.29 is 0 Å². The summed E-state index contributed by atoms with van der Waals surface area (Å²) in [5.41, 5.74) is 7.61. The van der Waals surface area contributed by atoms with Gasteiger partial charge in [-0.15, -0.1) is 0 Å². The highest BCUT2D eigenvalue weighted by atomic mass is 15.3. The van der Waals surface area contributed by atoms with E-state index in [1.807, 2.05) is 6.07 Å². The number of hydrogen-bond acceptors (Lipinski definition) is 3. The smallest absolute Gasteiger partial charge is 0.235 e. The van der Waals surface area contributed by atoms with Crippen LogP contribution in [-0.4, -0.2) is 9.97 Å². The SMILES string of the molecule is c1ccc(-c2nc(N3c4ccccc4-c4cccc5cccc3c45)nc3c2ccc2ccccc23)cc1. The van der Waals surface area contributed by atoms with Gasteiger partial charge in [0.2, 0.25) is 5.95 Å².